The van der Waals surface area contributed by atoms with Crippen molar-refractivity contribution in [1.29, 1.82) is 0 Å². The molecule has 0 unspecified atom stereocenters. The Hall–Kier alpha value is -1.13. The van der Waals surface area contributed by atoms with Crippen LogP contribution in [-0.4, -0.2) is 43.5 Å². The van der Waals surface area contributed by atoms with Gasteiger partial charge in [0.25, 0.3) is 0 Å². The summed E-state index contributed by atoms with van der Waals surface area (Å²) in [5.74, 6) is -0.0468. The standard InChI is InChI=1S/C24H44NO3/c1-3-5-6-7-8-9-10-11-12-13-14-15-16-17-18-19-24(26)28-25(4-2)20-22-27-23-21-25/h8-9,11-12H,3-7,10,13-23H2,1-2H3/q+1/b9-8-,12-11-. The van der Waals surface area contributed by atoms with E-state index < -0.39 is 0 Å². The van der Waals surface area contributed by atoms with Gasteiger partial charge in [-0.1, -0.05) is 63.3 Å². The van der Waals surface area contributed by atoms with E-state index in [-0.39, 0.29) is 5.97 Å². The monoisotopic (exact) mass is 394 g/mol. The van der Waals surface area contributed by atoms with E-state index in [4.69, 9.17) is 9.57 Å². The molecule has 0 saturated carbocycles. The number of quaternary nitrogens is 1. The number of morpholine rings is 1. The normalized spacial score (nSPS) is 16.8. The molecule has 4 nitrogen and oxygen atoms in total. The number of likely N-dealkylation sites (N-methyl/N-ethyl adjacent to an activating group) is 1. The van der Waals surface area contributed by atoms with Gasteiger partial charge in [-0.3, -0.25) is 4.84 Å². The highest BCUT2D eigenvalue weighted by molar-refractivity contribution is 5.68. The van der Waals surface area contributed by atoms with Crippen molar-refractivity contribution in [1.82, 2.24) is 0 Å². The largest absolute Gasteiger partial charge is 0.369 e. The van der Waals surface area contributed by atoms with Crippen molar-refractivity contribution in [2.24, 2.45) is 0 Å². The first-order chi connectivity index (χ1) is 13.7. The Balaban J connectivity index is 1.93. The summed E-state index contributed by atoms with van der Waals surface area (Å²) in [7, 11) is 0. The van der Waals surface area contributed by atoms with Gasteiger partial charge in [0.1, 0.15) is 19.6 Å². The van der Waals surface area contributed by atoms with Crippen molar-refractivity contribution in [2.45, 2.75) is 90.9 Å². The van der Waals surface area contributed by atoms with Gasteiger partial charge >= 0.3 is 5.97 Å². The van der Waals surface area contributed by atoms with Gasteiger partial charge in [-0.25, -0.2) is 4.79 Å². The third-order valence-electron chi connectivity index (χ3n) is 5.49. The van der Waals surface area contributed by atoms with Crippen LogP contribution >= 0.6 is 0 Å². The minimum absolute atomic E-state index is 0.0468. The SMILES string of the molecule is CCCCC/C=C\C/C=C\CCCCCCCC(=O)O[N+]1(CC)CCOCC1. The van der Waals surface area contributed by atoms with Gasteiger partial charge in [-0.15, -0.1) is 4.65 Å². The smallest absolute Gasteiger partial charge is 0.366 e. The van der Waals surface area contributed by atoms with Crippen LogP contribution in [-0.2, 0) is 14.4 Å². The zero-order chi connectivity index (χ0) is 20.3. The van der Waals surface area contributed by atoms with Gasteiger partial charge in [-0.05, 0) is 45.4 Å². The molecule has 1 fully saturated rings. The summed E-state index contributed by atoms with van der Waals surface area (Å²) in [6, 6.07) is 0. The van der Waals surface area contributed by atoms with Crippen molar-refractivity contribution in [3.05, 3.63) is 24.3 Å². The van der Waals surface area contributed by atoms with Crippen LogP contribution in [0.3, 0.4) is 0 Å². The molecule has 0 N–H and O–H groups in total. The molecular formula is C24H44NO3+. The first kappa shape index (κ1) is 24.9. The summed E-state index contributed by atoms with van der Waals surface area (Å²) in [5, 5.41) is 0. The van der Waals surface area contributed by atoms with Crippen molar-refractivity contribution < 1.29 is 19.0 Å². The number of carbonyl (C=O) groups is 1. The fourth-order valence-electron chi connectivity index (χ4n) is 3.49. The molecule has 0 bridgehead atoms. The van der Waals surface area contributed by atoms with Crippen LogP contribution in [0.2, 0.25) is 0 Å². The van der Waals surface area contributed by atoms with Crippen molar-refractivity contribution >= 4 is 5.97 Å². The predicted octanol–water partition coefficient (Wildman–Crippen LogP) is 6.13. The van der Waals surface area contributed by atoms with E-state index in [1.165, 1.54) is 51.4 Å². The van der Waals surface area contributed by atoms with Crippen LogP contribution in [0.25, 0.3) is 0 Å². The summed E-state index contributed by atoms with van der Waals surface area (Å²) in [6.07, 6.45) is 22.9. The topological polar surface area (TPSA) is 35.5 Å². The maximum Gasteiger partial charge on any atom is 0.366 e. The Morgan fingerprint density at radius 1 is 0.857 bits per heavy atom. The quantitative estimate of drug-likeness (QED) is 0.180. The molecule has 1 aliphatic rings. The first-order valence-electron chi connectivity index (χ1n) is 11.7. The van der Waals surface area contributed by atoms with E-state index in [1.807, 2.05) is 0 Å². The molecule has 4 heteroatoms. The lowest BCUT2D eigenvalue weighted by atomic mass is 10.1. The lowest BCUT2D eigenvalue weighted by Gasteiger charge is -2.36. The minimum atomic E-state index is -0.0468. The third-order valence-corrected chi connectivity index (χ3v) is 5.49. The second-order valence-corrected chi connectivity index (χ2v) is 7.88. The number of unbranched alkanes of at least 4 members (excludes halogenated alkanes) is 8. The number of ether oxygens (including phenoxy) is 1. The highest BCUT2D eigenvalue weighted by Crippen LogP contribution is 2.15. The zero-order valence-electron chi connectivity index (χ0n) is 18.5. The van der Waals surface area contributed by atoms with E-state index in [0.717, 1.165) is 38.9 Å². The lowest BCUT2D eigenvalue weighted by molar-refractivity contribution is -1.09. The number of carbonyl (C=O) groups excluding carboxylic acids is 1. The van der Waals surface area contributed by atoms with Crippen LogP contribution in [0.15, 0.2) is 24.3 Å². The highest BCUT2D eigenvalue weighted by atomic mass is 16.7. The Labute approximate surface area is 173 Å². The van der Waals surface area contributed by atoms with Gasteiger partial charge in [0.15, 0.2) is 0 Å². The summed E-state index contributed by atoms with van der Waals surface area (Å²) in [4.78, 5) is 17.9. The van der Waals surface area contributed by atoms with Crippen LogP contribution in [0, 0.1) is 0 Å². The van der Waals surface area contributed by atoms with Gasteiger partial charge < -0.3 is 4.74 Å². The molecule has 0 aromatic rings. The molecule has 0 aromatic carbocycles. The second-order valence-electron chi connectivity index (χ2n) is 7.88. The third kappa shape index (κ3) is 12.4. The molecule has 1 rings (SSSR count). The molecule has 1 saturated heterocycles. The average Bonchev–Trinajstić information content (AvgIpc) is 2.71. The molecule has 1 aliphatic heterocycles. The number of rotatable bonds is 16. The summed E-state index contributed by atoms with van der Waals surface area (Å²) < 4.78 is 5.83. The molecule has 0 aromatic heterocycles. The van der Waals surface area contributed by atoms with Crippen LogP contribution < -0.4 is 0 Å². The maximum atomic E-state index is 12.1. The summed E-state index contributed by atoms with van der Waals surface area (Å²) >= 11 is 0. The Kier molecular flexibility index (Phi) is 14.9. The van der Waals surface area contributed by atoms with Crippen LogP contribution in [0.5, 0.6) is 0 Å². The lowest BCUT2D eigenvalue weighted by Crippen LogP contribution is -2.55. The first-order valence-corrected chi connectivity index (χ1v) is 11.7. The van der Waals surface area contributed by atoms with Crippen molar-refractivity contribution in [3.8, 4) is 0 Å². The second kappa shape index (κ2) is 16.8. The summed E-state index contributed by atoms with van der Waals surface area (Å²) in [5.41, 5.74) is 0. The van der Waals surface area contributed by atoms with E-state index >= 15 is 0 Å². The zero-order valence-corrected chi connectivity index (χ0v) is 18.5. The number of nitrogens with zero attached hydrogens (tertiary/aromatic N) is 1. The highest BCUT2D eigenvalue weighted by Gasteiger charge is 2.33. The van der Waals surface area contributed by atoms with Crippen molar-refractivity contribution in [2.75, 3.05) is 32.8 Å². The molecule has 0 atom stereocenters. The fraction of sp³-hybridized carbons (Fsp3) is 0.792. The molecular weight excluding hydrogens is 350 g/mol. The van der Waals surface area contributed by atoms with Gasteiger partial charge in [-0.2, -0.15) is 0 Å². The van der Waals surface area contributed by atoms with Crippen molar-refractivity contribution in [3.63, 3.8) is 0 Å². The number of allylic oxidation sites excluding steroid dienone is 4. The maximum absolute atomic E-state index is 12.1. The van der Waals surface area contributed by atoms with Gasteiger partial charge in [0, 0.05) is 0 Å². The molecule has 162 valence electrons. The Morgan fingerprint density at radius 2 is 1.46 bits per heavy atom. The van der Waals surface area contributed by atoms with E-state index in [0.29, 0.717) is 24.3 Å². The molecule has 0 aliphatic carbocycles. The van der Waals surface area contributed by atoms with Crippen LogP contribution in [0.4, 0.5) is 0 Å². The fourth-order valence-corrected chi connectivity index (χ4v) is 3.49. The van der Waals surface area contributed by atoms with E-state index in [1.54, 1.807) is 0 Å². The van der Waals surface area contributed by atoms with E-state index in [2.05, 4.69) is 38.2 Å². The molecule has 0 spiro atoms. The van der Waals surface area contributed by atoms with E-state index in [9.17, 15) is 4.79 Å². The average molecular weight is 395 g/mol. The summed E-state index contributed by atoms with van der Waals surface area (Å²) in [6.45, 7) is 8.09. The number of hydroxylamine groups is 3. The number of hydrogen-bond donors (Lipinski definition) is 0. The Bertz CT molecular complexity index is 439. The number of hydrogen-bond acceptors (Lipinski definition) is 3. The molecule has 28 heavy (non-hydrogen) atoms. The van der Waals surface area contributed by atoms with Gasteiger partial charge in [0.2, 0.25) is 0 Å². The predicted molar refractivity (Wildman–Crippen MR) is 117 cm³/mol. The Morgan fingerprint density at radius 3 is 2.11 bits per heavy atom. The minimum Gasteiger partial charge on any atom is -0.369 e. The van der Waals surface area contributed by atoms with Gasteiger partial charge in [0.05, 0.1) is 19.6 Å². The molecule has 0 amide bonds. The molecule has 0 radical (unpaired) electrons. The molecule has 1 heterocycles. The van der Waals surface area contributed by atoms with Crippen LogP contribution in [0.1, 0.15) is 90.9 Å².